The van der Waals surface area contributed by atoms with E-state index in [4.69, 9.17) is 4.74 Å². The molecule has 1 saturated heterocycles. The standard InChI is InChI=1S/C13H21NOS/c1-3-11-4-5-12(10-13(11)16-2)14-6-8-15-9-7-14/h3,12H,1,4-10H2,2H3. The molecule has 0 aromatic rings. The molecule has 0 bridgehead atoms. The van der Waals surface area contributed by atoms with Crippen molar-refractivity contribution in [3.63, 3.8) is 0 Å². The smallest absolute Gasteiger partial charge is 0.0594 e. The first-order valence-corrected chi connectivity index (χ1v) is 7.28. The van der Waals surface area contributed by atoms with E-state index in [-0.39, 0.29) is 0 Å². The third-order valence-corrected chi connectivity index (χ3v) is 4.50. The Kier molecular flexibility index (Phi) is 4.50. The Morgan fingerprint density at radius 2 is 2.19 bits per heavy atom. The van der Waals surface area contributed by atoms with Gasteiger partial charge in [0, 0.05) is 19.1 Å². The second kappa shape index (κ2) is 5.89. The summed E-state index contributed by atoms with van der Waals surface area (Å²) in [6.45, 7) is 7.94. The highest BCUT2D eigenvalue weighted by Crippen LogP contribution is 2.34. The molecule has 1 aliphatic carbocycles. The molecule has 0 amide bonds. The van der Waals surface area contributed by atoms with E-state index < -0.39 is 0 Å². The van der Waals surface area contributed by atoms with Crippen molar-refractivity contribution in [3.05, 3.63) is 23.1 Å². The summed E-state index contributed by atoms with van der Waals surface area (Å²) in [4.78, 5) is 4.14. The van der Waals surface area contributed by atoms with Gasteiger partial charge in [0.2, 0.25) is 0 Å². The minimum Gasteiger partial charge on any atom is -0.379 e. The molecule has 90 valence electrons. The van der Waals surface area contributed by atoms with E-state index in [2.05, 4.69) is 17.7 Å². The summed E-state index contributed by atoms with van der Waals surface area (Å²) >= 11 is 1.90. The van der Waals surface area contributed by atoms with Crippen molar-refractivity contribution < 1.29 is 4.74 Å². The van der Waals surface area contributed by atoms with Crippen LogP contribution in [-0.4, -0.2) is 43.5 Å². The Labute approximate surface area is 103 Å². The van der Waals surface area contributed by atoms with Crippen LogP contribution >= 0.6 is 11.8 Å². The van der Waals surface area contributed by atoms with Crippen LogP contribution in [0.25, 0.3) is 0 Å². The highest BCUT2D eigenvalue weighted by atomic mass is 32.2. The lowest BCUT2D eigenvalue weighted by Crippen LogP contribution is -2.44. The third-order valence-electron chi connectivity index (χ3n) is 3.58. The number of rotatable bonds is 3. The molecule has 1 unspecified atom stereocenters. The Morgan fingerprint density at radius 3 is 2.81 bits per heavy atom. The maximum absolute atomic E-state index is 5.41. The van der Waals surface area contributed by atoms with Crippen molar-refractivity contribution in [2.45, 2.75) is 25.3 Å². The third kappa shape index (κ3) is 2.70. The van der Waals surface area contributed by atoms with E-state index in [1.165, 1.54) is 29.7 Å². The first kappa shape index (κ1) is 12.2. The van der Waals surface area contributed by atoms with Crippen LogP contribution in [0.5, 0.6) is 0 Å². The number of morpholine rings is 1. The molecule has 2 nitrogen and oxygen atoms in total. The summed E-state index contributed by atoms with van der Waals surface area (Å²) in [6, 6.07) is 0.732. The number of hydrogen-bond acceptors (Lipinski definition) is 3. The van der Waals surface area contributed by atoms with Gasteiger partial charge in [0.15, 0.2) is 0 Å². The van der Waals surface area contributed by atoms with Crippen molar-refractivity contribution in [1.29, 1.82) is 0 Å². The first-order chi connectivity index (χ1) is 7.85. The maximum Gasteiger partial charge on any atom is 0.0594 e. The molecule has 2 rings (SSSR count). The zero-order chi connectivity index (χ0) is 11.4. The quantitative estimate of drug-likeness (QED) is 0.751. The second-order valence-electron chi connectivity index (χ2n) is 4.40. The molecule has 0 aromatic carbocycles. The van der Waals surface area contributed by atoms with Crippen molar-refractivity contribution >= 4 is 11.8 Å². The Balaban J connectivity index is 1.99. The van der Waals surface area contributed by atoms with Gasteiger partial charge in [0.25, 0.3) is 0 Å². The minimum atomic E-state index is 0.732. The van der Waals surface area contributed by atoms with Gasteiger partial charge in [-0.3, -0.25) is 4.90 Å². The van der Waals surface area contributed by atoms with Gasteiger partial charge >= 0.3 is 0 Å². The van der Waals surface area contributed by atoms with Crippen LogP contribution in [0.15, 0.2) is 23.1 Å². The van der Waals surface area contributed by atoms with E-state index in [1.54, 1.807) is 0 Å². The number of ether oxygens (including phenoxy) is 1. The molecular formula is C13H21NOS. The van der Waals surface area contributed by atoms with Crippen LogP contribution in [0.2, 0.25) is 0 Å². The molecule has 1 fully saturated rings. The summed E-state index contributed by atoms with van der Waals surface area (Å²) in [5.74, 6) is 0. The lowest BCUT2D eigenvalue weighted by Gasteiger charge is -2.37. The number of nitrogens with zero attached hydrogens (tertiary/aromatic N) is 1. The second-order valence-corrected chi connectivity index (χ2v) is 5.30. The summed E-state index contributed by atoms with van der Waals surface area (Å²) in [5.41, 5.74) is 1.47. The highest BCUT2D eigenvalue weighted by Gasteiger charge is 2.25. The van der Waals surface area contributed by atoms with Crippen molar-refractivity contribution in [2.24, 2.45) is 0 Å². The normalized spacial score (nSPS) is 28.2. The Morgan fingerprint density at radius 1 is 1.44 bits per heavy atom. The van der Waals surface area contributed by atoms with E-state index in [1.807, 2.05) is 17.8 Å². The molecule has 3 heteroatoms. The van der Waals surface area contributed by atoms with Gasteiger partial charge in [0.1, 0.15) is 0 Å². The summed E-state index contributed by atoms with van der Waals surface area (Å²) in [7, 11) is 0. The van der Waals surface area contributed by atoms with Crippen molar-refractivity contribution in [3.8, 4) is 0 Å². The van der Waals surface area contributed by atoms with Gasteiger partial charge in [-0.05, 0) is 36.0 Å². The van der Waals surface area contributed by atoms with Crippen LogP contribution in [0.3, 0.4) is 0 Å². The van der Waals surface area contributed by atoms with Crippen LogP contribution in [0.1, 0.15) is 19.3 Å². The monoisotopic (exact) mass is 239 g/mol. The topological polar surface area (TPSA) is 12.5 Å². The predicted molar refractivity (Wildman–Crippen MR) is 70.8 cm³/mol. The SMILES string of the molecule is C=CC1=C(SC)CC(N2CCOCC2)CC1. The van der Waals surface area contributed by atoms with Crippen LogP contribution in [0, 0.1) is 0 Å². The summed E-state index contributed by atoms with van der Waals surface area (Å²) in [6.07, 6.45) is 7.91. The number of hydrogen-bond donors (Lipinski definition) is 0. The molecule has 0 radical (unpaired) electrons. The fraction of sp³-hybridized carbons (Fsp3) is 0.692. The van der Waals surface area contributed by atoms with E-state index in [0.717, 1.165) is 32.3 Å². The maximum atomic E-state index is 5.41. The van der Waals surface area contributed by atoms with E-state index >= 15 is 0 Å². The van der Waals surface area contributed by atoms with Crippen LogP contribution < -0.4 is 0 Å². The number of thioether (sulfide) groups is 1. The van der Waals surface area contributed by atoms with Gasteiger partial charge in [-0.15, -0.1) is 11.8 Å². The zero-order valence-corrected chi connectivity index (χ0v) is 10.9. The molecule has 0 N–H and O–H groups in total. The fourth-order valence-electron chi connectivity index (χ4n) is 2.59. The van der Waals surface area contributed by atoms with Crippen molar-refractivity contribution in [1.82, 2.24) is 4.90 Å². The fourth-order valence-corrected chi connectivity index (χ4v) is 3.40. The van der Waals surface area contributed by atoms with Gasteiger partial charge in [-0.2, -0.15) is 0 Å². The average molecular weight is 239 g/mol. The summed E-state index contributed by atoms with van der Waals surface area (Å²) < 4.78 is 5.41. The Bertz CT molecular complexity index is 282. The number of allylic oxidation sites excluding steroid dienone is 2. The molecule has 0 spiro atoms. The minimum absolute atomic E-state index is 0.732. The molecule has 1 aliphatic heterocycles. The first-order valence-electron chi connectivity index (χ1n) is 6.05. The molecule has 0 saturated carbocycles. The zero-order valence-electron chi connectivity index (χ0n) is 10.1. The largest absolute Gasteiger partial charge is 0.379 e. The molecule has 1 atom stereocenters. The summed E-state index contributed by atoms with van der Waals surface area (Å²) in [5, 5.41) is 0. The average Bonchev–Trinajstić information content (AvgIpc) is 2.39. The molecule has 0 aromatic heterocycles. The molecular weight excluding hydrogens is 218 g/mol. The van der Waals surface area contributed by atoms with Gasteiger partial charge < -0.3 is 4.74 Å². The highest BCUT2D eigenvalue weighted by molar-refractivity contribution is 8.02. The lowest BCUT2D eigenvalue weighted by molar-refractivity contribution is 0.0143. The molecule has 2 aliphatic rings. The lowest BCUT2D eigenvalue weighted by atomic mass is 9.93. The van der Waals surface area contributed by atoms with Crippen LogP contribution in [-0.2, 0) is 4.74 Å². The van der Waals surface area contributed by atoms with Crippen molar-refractivity contribution in [2.75, 3.05) is 32.6 Å². The molecule has 16 heavy (non-hydrogen) atoms. The van der Waals surface area contributed by atoms with E-state index in [9.17, 15) is 0 Å². The van der Waals surface area contributed by atoms with Gasteiger partial charge in [-0.25, -0.2) is 0 Å². The van der Waals surface area contributed by atoms with Gasteiger partial charge in [-0.1, -0.05) is 12.7 Å². The molecule has 1 heterocycles. The van der Waals surface area contributed by atoms with E-state index in [0.29, 0.717) is 0 Å². The van der Waals surface area contributed by atoms with Gasteiger partial charge in [0.05, 0.1) is 13.2 Å². The Hall–Kier alpha value is -0.250. The van der Waals surface area contributed by atoms with Crippen LogP contribution in [0.4, 0.5) is 0 Å². The predicted octanol–water partition coefficient (Wildman–Crippen LogP) is 2.67.